The second-order valence-electron chi connectivity index (χ2n) is 5.80. The van der Waals surface area contributed by atoms with Crippen LogP contribution in [0, 0.1) is 0 Å². The summed E-state index contributed by atoms with van der Waals surface area (Å²) in [6, 6.07) is 7.43. The zero-order valence-corrected chi connectivity index (χ0v) is 13.2. The van der Waals surface area contributed by atoms with Gasteiger partial charge in [0.25, 0.3) is 0 Å². The highest BCUT2D eigenvalue weighted by atomic mass is 16.5. The van der Waals surface area contributed by atoms with E-state index in [1.807, 2.05) is 31.2 Å². The highest BCUT2D eigenvalue weighted by Crippen LogP contribution is 2.28. The van der Waals surface area contributed by atoms with Gasteiger partial charge in [-0.3, -0.25) is 0 Å². The van der Waals surface area contributed by atoms with Crippen LogP contribution in [-0.2, 0) is 4.74 Å². The number of rotatable bonds is 8. The summed E-state index contributed by atoms with van der Waals surface area (Å²) in [7, 11) is 0. The van der Waals surface area contributed by atoms with Gasteiger partial charge in [-0.1, -0.05) is 19.1 Å². The van der Waals surface area contributed by atoms with Crippen LogP contribution in [0.15, 0.2) is 24.3 Å². The quantitative estimate of drug-likeness (QED) is 0.770. The van der Waals surface area contributed by atoms with Crippen molar-refractivity contribution < 1.29 is 24.4 Å². The molecular weight excluding hydrogens is 284 g/mol. The Morgan fingerprint density at radius 3 is 2.45 bits per heavy atom. The third-order valence-corrected chi connectivity index (χ3v) is 3.78. The lowest BCUT2D eigenvalue weighted by Gasteiger charge is -2.33. The van der Waals surface area contributed by atoms with Gasteiger partial charge in [-0.25, -0.2) is 0 Å². The van der Waals surface area contributed by atoms with Gasteiger partial charge in [0.2, 0.25) is 0 Å². The van der Waals surface area contributed by atoms with E-state index in [4.69, 9.17) is 14.2 Å². The molecule has 124 valence electrons. The van der Waals surface area contributed by atoms with Crippen LogP contribution in [0.1, 0.15) is 32.6 Å². The number of para-hydroxylation sites is 2. The highest BCUT2D eigenvalue weighted by Gasteiger charge is 2.32. The summed E-state index contributed by atoms with van der Waals surface area (Å²) in [5.74, 6) is 1.30. The Labute approximate surface area is 131 Å². The smallest absolute Gasteiger partial charge is 0.161 e. The van der Waals surface area contributed by atoms with Gasteiger partial charge in [0.05, 0.1) is 18.3 Å². The van der Waals surface area contributed by atoms with E-state index in [9.17, 15) is 10.2 Å². The number of hydrogen-bond acceptors (Lipinski definition) is 5. The summed E-state index contributed by atoms with van der Waals surface area (Å²) in [6.07, 6.45) is 1.61. The first-order valence-electron chi connectivity index (χ1n) is 7.96. The molecule has 1 aromatic carbocycles. The van der Waals surface area contributed by atoms with E-state index in [-0.39, 0.29) is 6.61 Å². The van der Waals surface area contributed by atoms with Gasteiger partial charge in [0.15, 0.2) is 11.5 Å². The molecule has 0 amide bonds. The molecule has 1 unspecified atom stereocenters. The first-order valence-corrected chi connectivity index (χ1v) is 7.96. The molecule has 1 atom stereocenters. The van der Waals surface area contributed by atoms with E-state index >= 15 is 0 Å². The van der Waals surface area contributed by atoms with Crippen LogP contribution in [0.25, 0.3) is 0 Å². The molecule has 0 spiro atoms. The Morgan fingerprint density at radius 2 is 1.82 bits per heavy atom. The average Bonchev–Trinajstić information content (AvgIpc) is 2.52. The topological polar surface area (TPSA) is 68.2 Å². The van der Waals surface area contributed by atoms with Crippen molar-refractivity contribution in [3.05, 3.63) is 24.3 Å². The van der Waals surface area contributed by atoms with Gasteiger partial charge < -0.3 is 24.4 Å². The molecule has 2 rings (SSSR count). The second-order valence-corrected chi connectivity index (χ2v) is 5.80. The lowest BCUT2D eigenvalue weighted by molar-refractivity contribution is -0.0907. The minimum Gasteiger partial charge on any atom is -0.490 e. The Kier molecular flexibility index (Phi) is 6.49. The summed E-state index contributed by atoms with van der Waals surface area (Å²) in [6.45, 7) is 3.88. The van der Waals surface area contributed by atoms with Crippen molar-refractivity contribution in [2.75, 3.05) is 26.4 Å². The van der Waals surface area contributed by atoms with E-state index in [0.29, 0.717) is 50.6 Å². The third kappa shape index (κ3) is 5.16. The van der Waals surface area contributed by atoms with Crippen molar-refractivity contribution in [2.24, 2.45) is 0 Å². The number of hydrogen-bond donors (Lipinski definition) is 2. The van der Waals surface area contributed by atoms with Crippen molar-refractivity contribution in [3.63, 3.8) is 0 Å². The van der Waals surface area contributed by atoms with E-state index in [1.54, 1.807) is 0 Å². The summed E-state index contributed by atoms with van der Waals surface area (Å²) in [4.78, 5) is 0. The van der Waals surface area contributed by atoms with Crippen molar-refractivity contribution in [1.82, 2.24) is 0 Å². The molecule has 5 heteroatoms. The van der Waals surface area contributed by atoms with Crippen LogP contribution in [0.4, 0.5) is 0 Å². The molecule has 1 aromatic rings. The summed E-state index contributed by atoms with van der Waals surface area (Å²) in [5, 5.41) is 20.5. The van der Waals surface area contributed by atoms with E-state index in [2.05, 4.69) is 0 Å². The lowest BCUT2D eigenvalue weighted by Crippen LogP contribution is -2.40. The molecule has 0 aromatic heterocycles. The molecule has 22 heavy (non-hydrogen) atoms. The maximum atomic E-state index is 10.4. The predicted molar refractivity (Wildman–Crippen MR) is 83.3 cm³/mol. The van der Waals surface area contributed by atoms with Crippen LogP contribution in [0.2, 0.25) is 0 Å². The maximum Gasteiger partial charge on any atom is 0.161 e. The fraction of sp³-hybridized carbons (Fsp3) is 0.647. The largest absolute Gasteiger partial charge is 0.490 e. The minimum absolute atomic E-state index is 0.135. The molecule has 1 aliphatic rings. The van der Waals surface area contributed by atoms with E-state index in [1.165, 1.54) is 0 Å². The molecule has 5 nitrogen and oxygen atoms in total. The summed E-state index contributed by atoms with van der Waals surface area (Å²) in [5.41, 5.74) is -0.848. The van der Waals surface area contributed by atoms with Crippen LogP contribution < -0.4 is 9.47 Å². The van der Waals surface area contributed by atoms with Gasteiger partial charge in [-0.15, -0.1) is 0 Å². The van der Waals surface area contributed by atoms with Gasteiger partial charge in [-0.2, -0.15) is 0 Å². The van der Waals surface area contributed by atoms with Gasteiger partial charge in [0.1, 0.15) is 6.61 Å². The number of aliphatic hydroxyl groups excluding tert-OH is 1. The van der Waals surface area contributed by atoms with E-state index < -0.39 is 11.7 Å². The molecular formula is C17H26O5. The zero-order valence-electron chi connectivity index (χ0n) is 13.2. The van der Waals surface area contributed by atoms with Crippen LogP contribution >= 0.6 is 0 Å². The molecule has 0 bridgehead atoms. The third-order valence-electron chi connectivity index (χ3n) is 3.78. The zero-order chi connectivity index (χ0) is 15.8. The van der Waals surface area contributed by atoms with Crippen molar-refractivity contribution in [3.8, 4) is 11.5 Å². The second kappa shape index (κ2) is 8.36. The van der Waals surface area contributed by atoms with Crippen LogP contribution in [0.5, 0.6) is 11.5 Å². The van der Waals surface area contributed by atoms with Gasteiger partial charge in [-0.05, 0) is 31.4 Å². The Morgan fingerprint density at radius 1 is 1.18 bits per heavy atom. The molecule has 0 saturated carbocycles. The highest BCUT2D eigenvalue weighted by molar-refractivity contribution is 5.39. The molecule has 0 radical (unpaired) electrons. The van der Waals surface area contributed by atoms with Crippen LogP contribution in [-0.4, -0.2) is 48.3 Å². The SMILES string of the molecule is CCCOc1ccccc1OCC(O)CC1(O)CCOCC1. The fourth-order valence-electron chi connectivity index (χ4n) is 2.54. The molecule has 1 saturated heterocycles. The fourth-order valence-corrected chi connectivity index (χ4v) is 2.54. The molecule has 1 fully saturated rings. The number of benzene rings is 1. The first-order chi connectivity index (χ1) is 10.6. The number of ether oxygens (including phenoxy) is 3. The van der Waals surface area contributed by atoms with E-state index in [0.717, 1.165) is 6.42 Å². The van der Waals surface area contributed by atoms with Crippen LogP contribution in [0.3, 0.4) is 0 Å². The monoisotopic (exact) mass is 310 g/mol. The van der Waals surface area contributed by atoms with Gasteiger partial charge in [0, 0.05) is 19.6 Å². The van der Waals surface area contributed by atoms with Crippen molar-refractivity contribution in [2.45, 2.75) is 44.3 Å². The molecule has 2 N–H and O–H groups in total. The first kappa shape index (κ1) is 17.1. The van der Waals surface area contributed by atoms with Gasteiger partial charge >= 0.3 is 0 Å². The normalized spacial score (nSPS) is 18.7. The Hall–Kier alpha value is -1.30. The summed E-state index contributed by atoms with van der Waals surface area (Å²) < 4.78 is 16.5. The molecule has 1 aliphatic heterocycles. The molecule has 1 heterocycles. The summed E-state index contributed by atoms with van der Waals surface area (Å²) >= 11 is 0. The number of aliphatic hydroxyl groups is 2. The Bertz CT molecular complexity index is 442. The molecule has 0 aliphatic carbocycles. The average molecular weight is 310 g/mol. The van der Waals surface area contributed by atoms with Crippen molar-refractivity contribution >= 4 is 0 Å². The lowest BCUT2D eigenvalue weighted by atomic mass is 9.88. The maximum absolute atomic E-state index is 10.4. The predicted octanol–water partition coefficient (Wildman–Crippen LogP) is 2.15. The Balaban J connectivity index is 1.84. The van der Waals surface area contributed by atoms with Crippen molar-refractivity contribution in [1.29, 1.82) is 0 Å². The standard InChI is InChI=1S/C17H26O5/c1-2-9-21-15-5-3-4-6-16(15)22-13-14(18)12-17(19)7-10-20-11-8-17/h3-6,14,18-19H,2,7-13H2,1H3. The minimum atomic E-state index is -0.848.